The zero-order valence-electron chi connectivity index (χ0n) is 18.8. The zero-order valence-corrected chi connectivity index (χ0v) is 18.8. The molecule has 2 heteroatoms. The third-order valence-corrected chi connectivity index (χ3v) is 5.37. The van der Waals surface area contributed by atoms with Crippen molar-refractivity contribution in [2.24, 2.45) is 0 Å². The summed E-state index contributed by atoms with van der Waals surface area (Å²) in [5.41, 5.74) is 2.24. The van der Waals surface area contributed by atoms with Crippen molar-refractivity contribution >= 4 is 12.0 Å². The predicted molar refractivity (Wildman–Crippen MR) is 128 cm³/mol. The molecular weight excluding hydrogens is 354 g/mol. The van der Waals surface area contributed by atoms with Crippen LogP contribution in [0.4, 0.5) is 0 Å². The molecule has 1 aromatic carbocycles. The van der Waals surface area contributed by atoms with Crippen molar-refractivity contribution in [3.63, 3.8) is 0 Å². The van der Waals surface area contributed by atoms with Gasteiger partial charge in [0, 0.05) is 13.0 Å². The summed E-state index contributed by atoms with van der Waals surface area (Å²) in [5, 5.41) is 3.01. The Kier molecular flexibility index (Phi) is 15.8. The molecule has 29 heavy (non-hydrogen) atoms. The number of carbonyl (C=O) groups is 1. The third-order valence-electron chi connectivity index (χ3n) is 5.37. The van der Waals surface area contributed by atoms with E-state index >= 15 is 0 Å². The van der Waals surface area contributed by atoms with Crippen LogP contribution >= 0.6 is 0 Å². The maximum Gasteiger partial charge on any atom is 0.220 e. The summed E-state index contributed by atoms with van der Waals surface area (Å²) in [7, 11) is 0. The summed E-state index contributed by atoms with van der Waals surface area (Å²) in [6.07, 6.45) is 23.9. The molecule has 0 radical (unpaired) electrons. The van der Waals surface area contributed by atoms with Crippen LogP contribution in [-0.4, -0.2) is 5.91 Å². The Morgan fingerprint density at radius 1 is 0.828 bits per heavy atom. The van der Waals surface area contributed by atoms with Crippen LogP contribution in [0.1, 0.15) is 108 Å². The highest BCUT2D eigenvalue weighted by Crippen LogP contribution is 2.10. The smallest absolute Gasteiger partial charge is 0.220 e. The zero-order chi connectivity index (χ0) is 21.0. The molecule has 2 nitrogen and oxygen atoms in total. The van der Waals surface area contributed by atoms with E-state index in [-0.39, 0.29) is 5.91 Å². The summed E-state index contributed by atoms with van der Waals surface area (Å²) in [4.78, 5) is 11.9. The van der Waals surface area contributed by atoms with Crippen LogP contribution in [0.25, 0.3) is 6.08 Å². The summed E-state index contributed by atoms with van der Waals surface area (Å²) in [5.74, 6) is 0.162. The second-order valence-electron chi connectivity index (χ2n) is 8.06. The number of amides is 1. The normalized spacial score (nSPS) is 11.1. The minimum absolute atomic E-state index is 0.162. The number of unbranched alkanes of at least 4 members (excludes halogenated alkanes) is 11. The topological polar surface area (TPSA) is 29.1 Å². The van der Waals surface area contributed by atoms with Crippen molar-refractivity contribution in [1.82, 2.24) is 5.32 Å². The average molecular weight is 398 g/mol. The number of hydrogen-bond donors (Lipinski definition) is 1. The number of nitrogens with one attached hydrogen (secondary N) is 1. The van der Waals surface area contributed by atoms with E-state index in [1.54, 1.807) is 0 Å². The summed E-state index contributed by atoms with van der Waals surface area (Å²) >= 11 is 0. The minimum atomic E-state index is 0.162. The Hall–Kier alpha value is -1.83. The first-order valence-corrected chi connectivity index (χ1v) is 11.9. The number of carbonyl (C=O) groups excluding carboxylic acids is 1. The molecule has 162 valence electrons. The van der Waals surface area contributed by atoms with Crippen molar-refractivity contribution in [2.45, 2.75) is 103 Å². The van der Waals surface area contributed by atoms with E-state index < -0.39 is 0 Å². The molecule has 0 unspecified atom stereocenters. The molecule has 0 aliphatic carbocycles. The molecule has 1 rings (SSSR count). The van der Waals surface area contributed by atoms with Gasteiger partial charge in [-0.2, -0.15) is 0 Å². The summed E-state index contributed by atoms with van der Waals surface area (Å²) in [6.45, 7) is 6.63. The maximum absolute atomic E-state index is 11.9. The van der Waals surface area contributed by atoms with Gasteiger partial charge in [-0.3, -0.25) is 4.79 Å². The highest BCUT2D eigenvalue weighted by molar-refractivity contribution is 5.75. The van der Waals surface area contributed by atoms with Gasteiger partial charge in [-0.05, 0) is 43.2 Å². The molecule has 0 spiro atoms. The largest absolute Gasteiger partial charge is 0.352 e. The molecule has 0 fully saturated rings. The molecule has 0 bridgehead atoms. The van der Waals surface area contributed by atoms with Crippen molar-refractivity contribution in [2.75, 3.05) is 0 Å². The van der Waals surface area contributed by atoms with Crippen molar-refractivity contribution in [3.05, 3.63) is 54.1 Å². The fraction of sp³-hybridized carbons (Fsp3) is 0.593. The Morgan fingerprint density at radius 2 is 1.38 bits per heavy atom. The SMILES string of the molecule is C=Cc1ccc(CNC(=O)CCCCCCC/C=C\CCCCCCCC)cc1. The van der Waals surface area contributed by atoms with Crippen LogP contribution in [-0.2, 0) is 11.3 Å². The van der Waals surface area contributed by atoms with Gasteiger partial charge in [-0.1, -0.05) is 107 Å². The Morgan fingerprint density at radius 3 is 1.97 bits per heavy atom. The first kappa shape index (κ1) is 25.2. The highest BCUT2D eigenvalue weighted by atomic mass is 16.1. The average Bonchev–Trinajstić information content (AvgIpc) is 2.75. The lowest BCUT2D eigenvalue weighted by Gasteiger charge is -2.06. The van der Waals surface area contributed by atoms with E-state index in [1.807, 2.05) is 30.3 Å². The van der Waals surface area contributed by atoms with E-state index in [9.17, 15) is 4.79 Å². The molecule has 0 saturated heterocycles. The molecule has 0 saturated carbocycles. The lowest BCUT2D eigenvalue weighted by Crippen LogP contribution is -2.22. The van der Waals surface area contributed by atoms with Gasteiger partial charge in [0.2, 0.25) is 5.91 Å². The van der Waals surface area contributed by atoms with E-state index in [1.165, 1.54) is 70.6 Å². The molecule has 0 heterocycles. The van der Waals surface area contributed by atoms with Crippen molar-refractivity contribution in [3.8, 4) is 0 Å². The third kappa shape index (κ3) is 14.8. The Balaban J connectivity index is 1.88. The lowest BCUT2D eigenvalue weighted by atomic mass is 10.1. The molecule has 1 aromatic rings. The van der Waals surface area contributed by atoms with Gasteiger partial charge in [0.1, 0.15) is 0 Å². The summed E-state index contributed by atoms with van der Waals surface area (Å²) in [6, 6.07) is 8.13. The van der Waals surface area contributed by atoms with Gasteiger partial charge in [0.25, 0.3) is 0 Å². The van der Waals surface area contributed by atoms with Crippen LogP contribution in [0.2, 0.25) is 0 Å². The van der Waals surface area contributed by atoms with Crippen LogP contribution in [0.15, 0.2) is 43.0 Å². The minimum Gasteiger partial charge on any atom is -0.352 e. The summed E-state index contributed by atoms with van der Waals surface area (Å²) < 4.78 is 0. The van der Waals surface area contributed by atoms with Gasteiger partial charge >= 0.3 is 0 Å². The van der Waals surface area contributed by atoms with E-state index in [2.05, 4.69) is 31.0 Å². The van der Waals surface area contributed by atoms with E-state index in [0.29, 0.717) is 13.0 Å². The second-order valence-corrected chi connectivity index (χ2v) is 8.06. The molecule has 1 N–H and O–H groups in total. The number of allylic oxidation sites excluding steroid dienone is 2. The highest BCUT2D eigenvalue weighted by Gasteiger charge is 2.01. The predicted octanol–water partition coefficient (Wildman–Crippen LogP) is 7.98. The molecule has 1 amide bonds. The first-order chi connectivity index (χ1) is 14.3. The standard InChI is InChI=1S/C27H43NO/c1-3-5-6-7-8-9-10-11-12-13-14-15-16-17-18-19-27(29)28-24-26-22-20-25(4-2)21-23-26/h4,11-12,20-23H,2-3,5-10,13-19,24H2,1H3,(H,28,29)/b12-11-. The van der Waals surface area contributed by atoms with Gasteiger partial charge in [0.05, 0.1) is 0 Å². The monoisotopic (exact) mass is 397 g/mol. The quantitative estimate of drug-likeness (QED) is 0.197. The second kappa shape index (κ2) is 18.2. The molecule has 0 aliphatic heterocycles. The Bertz CT molecular complexity index is 558. The van der Waals surface area contributed by atoms with Gasteiger partial charge in [-0.15, -0.1) is 0 Å². The molecule has 0 aromatic heterocycles. The van der Waals surface area contributed by atoms with Gasteiger partial charge in [-0.25, -0.2) is 0 Å². The van der Waals surface area contributed by atoms with Gasteiger partial charge < -0.3 is 5.32 Å². The lowest BCUT2D eigenvalue weighted by molar-refractivity contribution is -0.121. The van der Waals surface area contributed by atoms with Crippen LogP contribution in [0.5, 0.6) is 0 Å². The van der Waals surface area contributed by atoms with Crippen LogP contribution in [0.3, 0.4) is 0 Å². The van der Waals surface area contributed by atoms with Crippen molar-refractivity contribution < 1.29 is 4.79 Å². The number of hydrogen-bond acceptors (Lipinski definition) is 1. The Labute approximate surface area is 179 Å². The number of benzene rings is 1. The maximum atomic E-state index is 11.9. The van der Waals surface area contributed by atoms with Gasteiger partial charge in [0.15, 0.2) is 0 Å². The molecule has 0 aliphatic rings. The van der Waals surface area contributed by atoms with E-state index in [0.717, 1.165) is 24.0 Å². The van der Waals surface area contributed by atoms with Crippen LogP contribution in [0, 0.1) is 0 Å². The fourth-order valence-corrected chi connectivity index (χ4v) is 3.42. The van der Waals surface area contributed by atoms with Crippen LogP contribution < -0.4 is 5.32 Å². The fourth-order valence-electron chi connectivity index (χ4n) is 3.42. The molecule has 0 atom stereocenters. The van der Waals surface area contributed by atoms with Crippen molar-refractivity contribution in [1.29, 1.82) is 0 Å². The molecular formula is C27H43NO. The van der Waals surface area contributed by atoms with E-state index in [4.69, 9.17) is 0 Å². The number of rotatable bonds is 18. The first-order valence-electron chi connectivity index (χ1n) is 11.9.